The van der Waals surface area contributed by atoms with Gasteiger partial charge < -0.3 is 0 Å². The minimum atomic E-state index is -2.91. The van der Waals surface area contributed by atoms with E-state index in [4.69, 9.17) is 11.6 Å². The van der Waals surface area contributed by atoms with Crippen molar-refractivity contribution < 1.29 is 8.42 Å². The third kappa shape index (κ3) is 2.04. The molecule has 14 heavy (non-hydrogen) atoms. The van der Waals surface area contributed by atoms with Crippen LogP contribution in [0.15, 0.2) is 6.20 Å². The molecule has 0 radical (unpaired) electrons. The first-order valence-corrected chi connectivity index (χ1v) is 6.47. The maximum absolute atomic E-state index is 11.3. The second kappa shape index (κ2) is 3.47. The van der Waals surface area contributed by atoms with E-state index >= 15 is 0 Å². The van der Waals surface area contributed by atoms with Crippen LogP contribution in [0.5, 0.6) is 0 Å². The number of hydrogen-bond acceptors (Lipinski definition) is 4. The highest BCUT2D eigenvalue weighted by molar-refractivity contribution is 7.91. The summed E-state index contributed by atoms with van der Waals surface area (Å²) in [5.41, 5.74) is 1.67. The van der Waals surface area contributed by atoms with Gasteiger partial charge in [-0.3, -0.25) is 0 Å². The highest BCUT2D eigenvalue weighted by atomic mass is 35.5. The topological polar surface area (TPSA) is 59.9 Å². The summed E-state index contributed by atoms with van der Waals surface area (Å²) in [7, 11) is -2.91. The molecule has 0 aliphatic carbocycles. The van der Waals surface area contributed by atoms with Gasteiger partial charge in [-0.2, -0.15) is 0 Å². The van der Waals surface area contributed by atoms with Crippen molar-refractivity contribution in [1.29, 1.82) is 0 Å². The van der Waals surface area contributed by atoms with E-state index in [1.54, 1.807) is 6.20 Å². The summed E-state index contributed by atoms with van der Waals surface area (Å²) >= 11 is 5.63. The summed E-state index contributed by atoms with van der Waals surface area (Å²) in [6.07, 6.45) is 2.56. The van der Waals surface area contributed by atoms with Gasteiger partial charge in [-0.1, -0.05) is 0 Å². The second-order valence-corrected chi connectivity index (χ2v) is 5.90. The van der Waals surface area contributed by atoms with Crippen LogP contribution in [0.2, 0.25) is 5.28 Å². The summed E-state index contributed by atoms with van der Waals surface area (Å²) in [5.74, 6) is 0.346. The van der Waals surface area contributed by atoms with E-state index in [1.165, 1.54) is 0 Å². The summed E-state index contributed by atoms with van der Waals surface area (Å²) in [6, 6.07) is 0. The smallest absolute Gasteiger partial charge is 0.222 e. The minimum Gasteiger partial charge on any atom is -0.229 e. The molecular weight excluding hydrogens is 224 g/mol. The fourth-order valence-electron chi connectivity index (χ4n) is 1.46. The van der Waals surface area contributed by atoms with Crippen molar-refractivity contribution in [3.63, 3.8) is 0 Å². The van der Waals surface area contributed by atoms with Crippen molar-refractivity contribution in [2.75, 3.05) is 11.5 Å². The lowest BCUT2D eigenvalue weighted by molar-refractivity contribution is 0.596. The van der Waals surface area contributed by atoms with Gasteiger partial charge in [-0.25, -0.2) is 18.4 Å². The highest BCUT2D eigenvalue weighted by Crippen LogP contribution is 2.15. The maximum atomic E-state index is 11.3. The maximum Gasteiger partial charge on any atom is 0.222 e. The fourth-order valence-corrected chi connectivity index (χ4v) is 2.85. The largest absolute Gasteiger partial charge is 0.229 e. The van der Waals surface area contributed by atoms with Crippen LogP contribution in [0.4, 0.5) is 0 Å². The minimum absolute atomic E-state index is 0.160. The Balaban J connectivity index is 2.39. The zero-order valence-corrected chi connectivity index (χ0v) is 8.98. The Morgan fingerprint density at radius 2 is 2.00 bits per heavy atom. The van der Waals surface area contributed by atoms with E-state index < -0.39 is 9.84 Å². The number of aromatic nitrogens is 2. The van der Waals surface area contributed by atoms with Gasteiger partial charge in [0, 0.05) is 18.3 Å². The van der Waals surface area contributed by atoms with Crippen molar-refractivity contribution in [3.05, 3.63) is 22.7 Å². The van der Waals surface area contributed by atoms with Crippen molar-refractivity contribution in [1.82, 2.24) is 9.97 Å². The molecule has 0 unspecified atom stereocenters. The number of aryl methyl sites for hydroxylation is 2. The number of halogens is 1. The summed E-state index contributed by atoms with van der Waals surface area (Å²) in [5, 5.41) is 0.183. The molecule has 0 N–H and O–H groups in total. The quantitative estimate of drug-likeness (QED) is 0.616. The molecule has 0 saturated heterocycles. The third-order valence-corrected chi connectivity index (χ3v) is 4.09. The Labute approximate surface area is 87.3 Å². The lowest BCUT2D eigenvalue weighted by Crippen LogP contribution is -2.10. The predicted molar refractivity (Wildman–Crippen MR) is 53.1 cm³/mol. The average Bonchev–Trinajstić information content (AvgIpc) is 2.26. The van der Waals surface area contributed by atoms with Gasteiger partial charge in [0.05, 0.1) is 11.5 Å². The molecule has 76 valence electrons. The number of sulfone groups is 1. The Bertz CT molecular complexity index is 458. The van der Waals surface area contributed by atoms with Gasteiger partial charge in [0.2, 0.25) is 5.28 Å². The van der Waals surface area contributed by atoms with E-state index in [1.807, 2.05) is 0 Å². The molecule has 1 aromatic rings. The van der Waals surface area contributed by atoms with Crippen LogP contribution in [-0.4, -0.2) is 29.9 Å². The number of nitrogens with zero attached hydrogens (tertiary/aromatic N) is 2. The van der Waals surface area contributed by atoms with E-state index in [0.29, 0.717) is 12.8 Å². The number of fused-ring (bicyclic) bond motifs is 1. The van der Waals surface area contributed by atoms with Gasteiger partial charge in [0.15, 0.2) is 9.84 Å². The van der Waals surface area contributed by atoms with Gasteiger partial charge >= 0.3 is 0 Å². The molecular formula is C8H9ClN2O2S. The first-order chi connectivity index (χ1) is 6.57. The molecule has 0 fully saturated rings. The highest BCUT2D eigenvalue weighted by Gasteiger charge is 2.19. The van der Waals surface area contributed by atoms with E-state index in [0.717, 1.165) is 11.3 Å². The van der Waals surface area contributed by atoms with Crippen LogP contribution in [0, 0.1) is 0 Å². The van der Waals surface area contributed by atoms with E-state index in [-0.39, 0.29) is 16.8 Å². The lowest BCUT2D eigenvalue weighted by atomic mass is 10.1. The summed E-state index contributed by atoms with van der Waals surface area (Å²) < 4.78 is 22.7. The number of rotatable bonds is 0. The van der Waals surface area contributed by atoms with Crippen LogP contribution in [-0.2, 0) is 22.7 Å². The molecule has 2 rings (SSSR count). The van der Waals surface area contributed by atoms with Gasteiger partial charge in [-0.05, 0) is 23.6 Å². The first kappa shape index (κ1) is 9.86. The fraction of sp³-hybridized carbons (Fsp3) is 0.500. The summed E-state index contributed by atoms with van der Waals surface area (Å²) in [6.45, 7) is 0. The third-order valence-electron chi connectivity index (χ3n) is 2.26. The molecule has 0 bridgehead atoms. The Kier molecular flexibility index (Phi) is 2.45. The zero-order valence-electron chi connectivity index (χ0n) is 7.40. The van der Waals surface area contributed by atoms with Crippen molar-refractivity contribution in [2.24, 2.45) is 0 Å². The average molecular weight is 233 g/mol. The molecule has 0 atom stereocenters. The molecule has 1 aliphatic rings. The molecule has 1 aliphatic heterocycles. The predicted octanol–water partition coefficient (Wildman–Crippen LogP) is 0.643. The van der Waals surface area contributed by atoms with Gasteiger partial charge in [-0.15, -0.1) is 0 Å². The monoisotopic (exact) mass is 232 g/mol. The van der Waals surface area contributed by atoms with E-state index in [9.17, 15) is 8.42 Å². The van der Waals surface area contributed by atoms with Crippen molar-refractivity contribution in [2.45, 2.75) is 12.8 Å². The molecule has 4 nitrogen and oxygen atoms in total. The Morgan fingerprint density at radius 3 is 2.79 bits per heavy atom. The SMILES string of the molecule is O=S1(=O)CCc2cnc(Cl)nc2CC1. The normalized spacial score (nSPS) is 19.8. The van der Waals surface area contributed by atoms with Gasteiger partial charge in [0.25, 0.3) is 0 Å². The van der Waals surface area contributed by atoms with Crippen molar-refractivity contribution in [3.8, 4) is 0 Å². The summed E-state index contributed by atoms with van der Waals surface area (Å²) in [4.78, 5) is 7.87. The molecule has 1 aromatic heterocycles. The Morgan fingerprint density at radius 1 is 1.29 bits per heavy atom. The molecule has 2 heterocycles. The number of hydrogen-bond donors (Lipinski definition) is 0. The Hall–Kier alpha value is -0.680. The van der Waals surface area contributed by atoms with E-state index in [2.05, 4.69) is 9.97 Å². The molecule has 0 aromatic carbocycles. The van der Waals surface area contributed by atoms with Crippen LogP contribution in [0.25, 0.3) is 0 Å². The first-order valence-electron chi connectivity index (χ1n) is 4.27. The van der Waals surface area contributed by atoms with Crippen LogP contribution in [0.1, 0.15) is 11.3 Å². The second-order valence-electron chi connectivity index (χ2n) is 3.26. The molecule has 0 amide bonds. The standard InChI is InChI=1S/C8H9ClN2O2S/c9-8-10-5-6-1-3-14(12,13)4-2-7(6)11-8/h5H,1-4H2. The van der Waals surface area contributed by atoms with Crippen LogP contribution in [0.3, 0.4) is 0 Å². The molecule has 6 heteroatoms. The lowest BCUT2D eigenvalue weighted by Gasteiger charge is -2.01. The van der Waals surface area contributed by atoms with Crippen LogP contribution < -0.4 is 0 Å². The molecule has 0 spiro atoms. The van der Waals surface area contributed by atoms with Gasteiger partial charge in [0.1, 0.15) is 0 Å². The van der Waals surface area contributed by atoms with Crippen molar-refractivity contribution >= 4 is 21.4 Å². The molecule has 0 saturated carbocycles. The zero-order chi connectivity index (χ0) is 10.2. The van der Waals surface area contributed by atoms with Crippen LogP contribution >= 0.6 is 11.6 Å².